The zero-order chi connectivity index (χ0) is 9.14. The SMILES string of the molecule is C/C=C(/N)c1ccc(C)cc1C. The van der Waals surface area contributed by atoms with Gasteiger partial charge in [-0.25, -0.2) is 0 Å². The average Bonchev–Trinajstić information content (AvgIpc) is 2.03. The van der Waals surface area contributed by atoms with Gasteiger partial charge in [-0.3, -0.25) is 0 Å². The summed E-state index contributed by atoms with van der Waals surface area (Å²) in [5, 5.41) is 0. The molecule has 0 aliphatic heterocycles. The van der Waals surface area contributed by atoms with Crippen molar-refractivity contribution in [3.8, 4) is 0 Å². The zero-order valence-corrected chi connectivity index (χ0v) is 7.89. The monoisotopic (exact) mass is 161 g/mol. The molecule has 0 atom stereocenters. The lowest BCUT2D eigenvalue weighted by molar-refractivity contribution is 1.33. The molecular formula is C11H15N. The molecule has 0 bridgehead atoms. The van der Waals surface area contributed by atoms with Crippen LogP contribution in [-0.4, -0.2) is 0 Å². The number of nitrogens with two attached hydrogens (primary N) is 1. The molecule has 0 unspecified atom stereocenters. The van der Waals surface area contributed by atoms with Crippen LogP contribution in [0.3, 0.4) is 0 Å². The molecule has 1 rings (SSSR count). The quantitative estimate of drug-likeness (QED) is 0.673. The van der Waals surface area contributed by atoms with Crippen LogP contribution in [0.4, 0.5) is 0 Å². The first-order chi connectivity index (χ1) is 5.65. The lowest BCUT2D eigenvalue weighted by Crippen LogP contribution is -1.98. The number of benzene rings is 1. The molecule has 64 valence electrons. The van der Waals surface area contributed by atoms with Crippen LogP contribution in [0.1, 0.15) is 23.6 Å². The maximum atomic E-state index is 5.81. The first-order valence-corrected chi connectivity index (χ1v) is 4.14. The van der Waals surface area contributed by atoms with Crippen LogP contribution < -0.4 is 5.73 Å². The Labute approximate surface area is 73.9 Å². The molecule has 0 saturated heterocycles. The summed E-state index contributed by atoms with van der Waals surface area (Å²) in [5.41, 5.74) is 10.3. The molecule has 12 heavy (non-hydrogen) atoms. The van der Waals surface area contributed by atoms with E-state index in [1.807, 2.05) is 13.0 Å². The fraction of sp³-hybridized carbons (Fsp3) is 0.273. The van der Waals surface area contributed by atoms with Gasteiger partial charge in [0.05, 0.1) is 0 Å². The fourth-order valence-corrected chi connectivity index (χ4v) is 1.29. The summed E-state index contributed by atoms with van der Waals surface area (Å²) in [7, 11) is 0. The van der Waals surface area contributed by atoms with Gasteiger partial charge in [0.2, 0.25) is 0 Å². The summed E-state index contributed by atoms with van der Waals surface area (Å²) < 4.78 is 0. The number of rotatable bonds is 1. The molecule has 0 aliphatic carbocycles. The standard InChI is InChI=1S/C11H15N/c1-4-11(12)10-6-5-8(2)7-9(10)3/h4-7H,12H2,1-3H3/b11-4+. The summed E-state index contributed by atoms with van der Waals surface area (Å²) in [6.07, 6.45) is 1.93. The molecule has 0 amide bonds. The van der Waals surface area contributed by atoms with E-state index >= 15 is 0 Å². The molecule has 1 nitrogen and oxygen atoms in total. The van der Waals surface area contributed by atoms with Crippen LogP contribution in [0.5, 0.6) is 0 Å². The Morgan fingerprint density at radius 1 is 1.33 bits per heavy atom. The van der Waals surface area contributed by atoms with E-state index in [1.54, 1.807) is 0 Å². The highest BCUT2D eigenvalue weighted by Crippen LogP contribution is 2.15. The first kappa shape index (κ1) is 8.85. The molecular weight excluding hydrogens is 146 g/mol. The maximum absolute atomic E-state index is 5.81. The van der Waals surface area contributed by atoms with E-state index < -0.39 is 0 Å². The van der Waals surface area contributed by atoms with Crippen molar-refractivity contribution >= 4 is 5.70 Å². The minimum atomic E-state index is 0.854. The summed E-state index contributed by atoms with van der Waals surface area (Å²) in [4.78, 5) is 0. The van der Waals surface area contributed by atoms with Crippen molar-refractivity contribution in [2.45, 2.75) is 20.8 Å². The van der Waals surface area contributed by atoms with Crippen LogP contribution in [0.15, 0.2) is 24.3 Å². The maximum Gasteiger partial charge on any atom is 0.0346 e. The second-order valence-electron chi connectivity index (χ2n) is 3.06. The molecule has 0 radical (unpaired) electrons. The van der Waals surface area contributed by atoms with Crippen LogP contribution in [0, 0.1) is 13.8 Å². The first-order valence-electron chi connectivity index (χ1n) is 4.14. The fourth-order valence-electron chi connectivity index (χ4n) is 1.29. The predicted molar refractivity (Wildman–Crippen MR) is 53.8 cm³/mol. The van der Waals surface area contributed by atoms with Gasteiger partial charge >= 0.3 is 0 Å². The van der Waals surface area contributed by atoms with Crippen molar-refractivity contribution in [2.24, 2.45) is 5.73 Å². The summed E-state index contributed by atoms with van der Waals surface area (Å²) in [5.74, 6) is 0. The van der Waals surface area contributed by atoms with Gasteiger partial charge < -0.3 is 5.73 Å². The van der Waals surface area contributed by atoms with Crippen molar-refractivity contribution in [1.82, 2.24) is 0 Å². The second kappa shape index (κ2) is 3.44. The Balaban J connectivity index is 3.18. The molecule has 0 heterocycles. The third kappa shape index (κ3) is 1.67. The van der Waals surface area contributed by atoms with Gasteiger partial charge in [0.1, 0.15) is 0 Å². The second-order valence-corrected chi connectivity index (χ2v) is 3.06. The third-order valence-electron chi connectivity index (χ3n) is 2.00. The molecule has 1 heteroatoms. The van der Waals surface area contributed by atoms with E-state index in [9.17, 15) is 0 Å². The zero-order valence-electron chi connectivity index (χ0n) is 7.89. The predicted octanol–water partition coefficient (Wildman–Crippen LogP) is 2.62. The molecule has 1 aromatic rings. The van der Waals surface area contributed by atoms with E-state index in [2.05, 4.69) is 32.0 Å². The van der Waals surface area contributed by atoms with Crippen LogP contribution >= 0.6 is 0 Å². The number of hydrogen-bond acceptors (Lipinski definition) is 1. The van der Waals surface area contributed by atoms with Crippen LogP contribution in [-0.2, 0) is 0 Å². The van der Waals surface area contributed by atoms with Gasteiger partial charge in [-0.2, -0.15) is 0 Å². The molecule has 0 fully saturated rings. The van der Waals surface area contributed by atoms with Gasteiger partial charge in [0.15, 0.2) is 0 Å². The van der Waals surface area contributed by atoms with E-state index in [0.29, 0.717) is 0 Å². The van der Waals surface area contributed by atoms with Crippen molar-refractivity contribution in [2.75, 3.05) is 0 Å². The highest BCUT2D eigenvalue weighted by Gasteiger charge is 1.99. The van der Waals surface area contributed by atoms with Crippen molar-refractivity contribution in [3.63, 3.8) is 0 Å². The minimum absolute atomic E-state index is 0.854. The van der Waals surface area contributed by atoms with Crippen LogP contribution in [0.2, 0.25) is 0 Å². The largest absolute Gasteiger partial charge is 0.399 e. The van der Waals surface area contributed by atoms with Crippen LogP contribution in [0.25, 0.3) is 5.70 Å². The highest BCUT2D eigenvalue weighted by atomic mass is 14.6. The molecule has 1 aromatic carbocycles. The van der Waals surface area contributed by atoms with Gasteiger partial charge in [-0.15, -0.1) is 0 Å². The van der Waals surface area contributed by atoms with Crippen molar-refractivity contribution in [1.29, 1.82) is 0 Å². The summed E-state index contributed by atoms with van der Waals surface area (Å²) >= 11 is 0. The Hall–Kier alpha value is -1.24. The highest BCUT2D eigenvalue weighted by molar-refractivity contribution is 5.65. The number of aryl methyl sites for hydroxylation is 2. The Morgan fingerprint density at radius 3 is 2.50 bits per heavy atom. The third-order valence-corrected chi connectivity index (χ3v) is 2.00. The van der Waals surface area contributed by atoms with Gasteiger partial charge in [0, 0.05) is 5.70 Å². The molecule has 0 aliphatic rings. The molecule has 2 N–H and O–H groups in total. The minimum Gasteiger partial charge on any atom is -0.399 e. The molecule has 0 saturated carbocycles. The summed E-state index contributed by atoms with van der Waals surface area (Å²) in [6.45, 7) is 6.12. The van der Waals surface area contributed by atoms with E-state index in [1.165, 1.54) is 11.1 Å². The average molecular weight is 161 g/mol. The van der Waals surface area contributed by atoms with E-state index in [-0.39, 0.29) is 0 Å². The van der Waals surface area contributed by atoms with Gasteiger partial charge in [-0.1, -0.05) is 29.8 Å². The lowest BCUT2D eigenvalue weighted by atomic mass is 10.0. The molecule has 0 spiro atoms. The number of hydrogen-bond donors (Lipinski definition) is 1. The molecule has 0 aromatic heterocycles. The van der Waals surface area contributed by atoms with Crippen molar-refractivity contribution < 1.29 is 0 Å². The lowest BCUT2D eigenvalue weighted by Gasteiger charge is -2.05. The van der Waals surface area contributed by atoms with Gasteiger partial charge in [-0.05, 0) is 31.9 Å². The normalized spacial score (nSPS) is 11.8. The van der Waals surface area contributed by atoms with E-state index in [0.717, 1.165) is 11.3 Å². The number of allylic oxidation sites excluding steroid dienone is 1. The summed E-state index contributed by atoms with van der Waals surface area (Å²) in [6, 6.07) is 6.30. The Kier molecular flexibility index (Phi) is 2.54. The Morgan fingerprint density at radius 2 is 2.00 bits per heavy atom. The van der Waals surface area contributed by atoms with Crippen molar-refractivity contribution in [3.05, 3.63) is 41.0 Å². The topological polar surface area (TPSA) is 26.0 Å². The Bertz CT molecular complexity index is 311. The van der Waals surface area contributed by atoms with Gasteiger partial charge in [0.25, 0.3) is 0 Å². The van der Waals surface area contributed by atoms with E-state index in [4.69, 9.17) is 5.73 Å². The smallest absolute Gasteiger partial charge is 0.0346 e.